The van der Waals surface area contributed by atoms with E-state index in [4.69, 9.17) is 15.6 Å². The molecule has 1 unspecified atom stereocenters. The van der Waals surface area contributed by atoms with Crippen LogP contribution in [0.2, 0.25) is 0 Å². The molecule has 0 radical (unpaired) electrons. The molecule has 1 aliphatic rings. The summed E-state index contributed by atoms with van der Waals surface area (Å²) < 4.78 is 27.9. The lowest BCUT2D eigenvalue weighted by molar-refractivity contribution is -0.124. The first-order valence-corrected chi connectivity index (χ1v) is 5.57. The van der Waals surface area contributed by atoms with Crippen LogP contribution >= 0.6 is 0 Å². The predicted octanol–water partition coefficient (Wildman–Crippen LogP) is -2.23. The molecule has 1 saturated heterocycles. The zero-order valence-electron chi connectivity index (χ0n) is 7.55. The minimum atomic E-state index is -3.64. The van der Waals surface area contributed by atoms with Crippen LogP contribution in [0, 0.1) is 0 Å². The van der Waals surface area contributed by atoms with E-state index >= 15 is 0 Å². The monoisotopic (exact) mass is 223 g/mol. The zero-order chi connectivity index (χ0) is 10.8. The summed E-state index contributed by atoms with van der Waals surface area (Å²) >= 11 is 0. The highest BCUT2D eigenvalue weighted by atomic mass is 32.2. The number of hydrogen-bond donors (Lipinski definition) is 2. The zero-order valence-corrected chi connectivity index (χ0v) is 8.37. The van der Waals surface area contributed by atoms with Crippen molar-refractivity contribution in [2.75, 3.05) is 19.7 Å². The van der Waals surface area contributed by atoms with Crippen molar-refractivity contribution in [2.24, 2.45) is 10.9 Å². The van der Waals surface area contributed by atoms with Crippen molar-refractivity contribution >= 4 is 16.1 Å². The quantitative estimate of drug-likeness (QED) is 0.560. The molecule has 8 heteroatoms. The topological polar surface area (TPSA) is 116 Å². The molecule has 0 saturated carbocycles. The van der Waals surface area contributed by atoms with Gasteiger partial charge in [0.2, 0.25) is 5.91 Å². The van der Waals surface area contributed by atoms with Crippen LogP contribution in [0.4, 0.5) is 0 Å². The Bertz CT molecular complexity index is 315. The number of amides is 1. The van der Waals surface area contributed by atoms with Gasteiger partial charge in [-0.25, -0.2) is 5.14 Å². The average molecular weight is 223 g/mol. The Kier molecular flexibility index (Phi) is 3.43. The molecule has 1 fully saturated rings. The number of ether oxygens (including phenoxy) is 1. The summed E-state index contributed by atoms with van der Waals surface area (Å²) in [7, 11) is -3.64. The number of rotatable bonds is 4. The molecule has 1 heterocycles. The summed E-state index contributed by atoms with van der Waals surface area (Å²) in [6.07, 6.45) is 0.241. The molecule has 0 aliphatic carbocycles. The fourth-order valence-corrected chi connectivity index (χ4v) is 2.00. The van der Waals surface area contributed by atoms with Crippen molar-refractivity contribution in [3.8, 4) is 0 Å². The van der Waals surface area contributed by atoms with Gasteiger partial charge in [0.15, 0.2) is 0 Å². The Morgan fingerprint density at radius 2 is 2.21 bits per heavy atom. The van der Waals surface area contributed by atoms with Gasteiger partial charge in [0.25, 0.3) is 10.2 Å². The van der Waals surface area contributed by atoms with Crippen LogP contribution in [0.3, 0.4) is 0 Å². The molecular formula is C6H13N3O4S. The fraction of sp³-hybridized carbons (Fsp3) is 0.833. The standard InChI is InChI=1S/C6H13N3O4S/c7-6(10)4-13-5-1-2-9(3-5)14(8,11)12/h5H,1-4H2,(H2,7,10)(H2,8,11,12). The molecule has 1 rings (SSSR count). The van der Waals surface area contributed by atoms with E-state index in [1.807, 2.05) is 0 Å². The van der Waals surface area contributed by atoms with Gasteiger partial charge in [-0.3, -0.25) is 4.79 Å². The maximum Gasteiger partial charge on any atom is 0.276 e. The molecule has 0 aromatic rings. The third kappa shape index (κ3) is 3.22. The number of nitrogens with two attached hydrogens (primary N) is 2. The van der Waals surface area contributed by atoms with Crippen LogP contribution in [0.1, 0.15) is 6.42 Å². The van der Waals surface area contributed by atoms with Crippen LogP contribution in [0.15, 0.2) is 0 Å². The number of nitrogens with zero attached hydrogens (tertiary/aromatic N) is 1. The van der Waals surface area contributed by atoms with E-state index in [1.165, 1.54) is 0 Å². The number of primary amides is 1. The normalized spacial score (nSPS) is 23.9. The van der Waals surface area contributed by atoms with Gasteiger partial charge in [0, 0.05) is 13.1 Å². The molecule has 82 valence electrons. The van der Waals surface area contributed by atoms with Crippen LogP contribution in [-0.2, 0) is 19.7 Å². The lowest BCUT2D eigenvalue weighted by Crippen LogP contribution is -2.36. The highest BCUT2D eigenvalue weighted by Gasteiger charge is 2.29. The first kappa shape index (κ1) is 11.4. The van der Waals surface area contributed by atoms with Gasteiger partial charge in [-0.05, 0) is 6.42 Å². The van der Waals surface area contributed by atoms with E-state index in [0.29, 0.717) is 13.0 Å². The number of carbonyl (C=O) groups is 1. The van der Waals surface area contributed by atoms with Crippen molar-refractivity contribution < 1.29 is 17.9 Å². The van der Waals surface area contributed by atoms with E-state index < -0.39 is 16.1 Å². The maximum absolute atomic E-state index is 10.9. The minimum Gasteiger partial charge on any atom is -0.368 e. The van der Waals surface area contributed by atoms with Crippen LogP contribution in [-0.4, -0.2) is 44.4 Å². The second-order valence-corrected chi connectivity index (χ2v) is 4.64. The number of carbonyl (C=O) groups excluding carboxylic acids is 1. The van der Waals surface area contributed by atoms with Crippen molar-refractivity contribution in [3.05, 3.63) is 0 Å². The molecule has 0 aromatic carbocycles. The van der Waals surface area contributed by atoms with E-state index in [9.17, 15) is 13.2 Å². The van der Waals surface area contributed by atoms with Gasteiger partial charge in [-0.15, -0.1) is 0 Å². The molecule has 1 amide bonds. The molecule has 4 N–H and O–H groups in total. The van der Waals surface area contributed by atoms with E-state index in [1.54, 1.807) is 0 Å². The van der Waals surface area contributed by atoms with Crippen LogP contribution < -0.4 is 10.9 Å². The summed E-state index contributed by atoms with van der Waals surface area (Å²) in [4.78, 5) is 10.4. The lowest BCUT2D eigenvalue weighted by atomic mass is 10.3. The summed E-state index contributed by atoms with van der Waals surface area (Å²) in [5.74, 6) is -0.570. The summed E-state index contributed by atoms with van der Waals surface area (Å²) in [5, 5.41) is 4.91. The Morgan fingerprint density at radius 1 is 1.57 bits per heavy atom. The predicted molar refractivity (Wildman–Crippen MR) is 48.2 cm³/mol. The molecule has 0 bridgehead atoms. The molecule has 0 aromatic heterocycles. The van der Waals surface area contributed by atoms with Gasteiger partial charge in [-0.1, -0.05) is 0 Å². The second kappa shape index (κ2) is 4.22. The maximum atomic E-state index is 10.9. The third-order valence-electron chi connectivity index (χ3n) is 1.93. The molecule has 1 aliphatic heterocycles. The van der Waals surface area contributed by atoms with Crippen molar-refractivity contribution in [1.82, 2.24) is 4.31 Å². The van der Waals surface area contributed by atoms with E-state index in [-0.39, 0.29) is 19.3 Å². The molecular weight excluding hydrogens is 210 g/mol. The molecule has 14 heavy (non-hydrogen) atoms. The Morgan fingerprint density at radius 3 is 2.64 bits per heavy atom. The summed E-state index contributed by atoms with van der Waals surface area (Å²) in [5.41, 5.74) is 4.87. The van der Waals surface area contributed by atoms with Gasteiger partial charge in [-0.2, -0.15) is 12.7 Å². The first-order chi connectivity index (χ1) is 6.39. The van der Waals surface area contributed by atoms with E-state index in [0.717, 1.165) is 4.31 Å². The minimum absolute atomic E-state index is 0.187. The Balaban J connectivity index is 2.38. The molecule has 7 nitrogen and oxygen atoms in total. The smallest absolute Gasteiger partial charge is 0.276 e. The van der Waals surface area contributed by atoms with Crippen molar-refractivity contribution in [3.63, 3.8) is 0 Å². The Labute approximate surface area is 82.2 Å². The van der Waals surface area contributed by atoms with Gasteiger partial charge in [0.1, 0.15) is 6.61 Å². The first-order valence-electron chi connectivity index (χ1n) is 4.07. The van der Waals surface area contributed by atoms with Crippen molar-refractivity contribution in [2.45, 2.75) is 12.5 Å². The van der Waals surface area contributed by atoms with Crippen LogP contribution in [0.25, 0.3) is 0 Å². The molecule has 1 atom stereocenters. The fourth-order valence-electron chi connectivity index (χ4n) is 1.26. The summed E-state index contributed by atoms with van der Waals surface area (Å²) in [6, 6.07) is 0. The van der Waals surface area contributed by atoms with Crippen molar-refractivity contribution in [1.29, 1.82) is 0 Å². The third-order valence-corrected chi connectivity index (χ3v) is 2.98. The lowest BCUT2D eigenvalue weighted by Gasteiger charge is -2.12. The average Bonchev–Trinajstić information content (AvgIpc) is 2.47. The van der Waals surface area contributed by atoms with Gasteiger partial charge < -0.3 is 10.5 Å². The largest absolute Gasteiger partial charge is 0.368 e. The highest BCUT2D eigenvalue weighted by molar-refractivity contribution is 7.86. The number of hydrogen-bond acceptors (Lipinski definition) is 4. The van der Waals surface area contributed by atoms with Gasteiger partial charge in [0.05, 0.1) is 6.10 Å². The van der Waals surface area contributed by atoms with E-state index in [2.05, 4.69) is 0 Å². The highest BCUT2D eigenvalue weighted by Crippen LogP contribution is 2.13. The molecule has 0 spiro atoms. The van der Waals surface area contributed by atoms with Crippen LogP contribution in [0.5, 0.6) is 0 Å². The van der Waals surface area contributed by atoms with Gasteiger partial charge >= 0.3 is 0 Å². The SMILES string of the molecule is NC(=O)COC1CCN(S(N)(=O)=O)C1. The Hall–Kier alpha value is -0.700. The second-order valence-electron chi connectivity index (χ2n) is 3.09. The summed E-state index contributed by atoms with van der Waals surface area (Å²) in [6.45, 7) is 0.317.